The lowest BCUT2D eigenvalue weighted by Crippen LogP contribution is -2.42. The summed E-state index contributed by atoms with van der Waals surface area (Å²) < 4.78 is 14.2. The molecule has 9 nitrogen and oxygen atoms in total. The van der Waals surface area contributed by atoms with Crippen molar-refractivity contribution in [1.82, 2.24) is 30.0 Å². The van der Waals surface area contributed by atoms with Crippen molar-refractivity contribution >= 4 is 45.2 Å². The van der Waals surface area contributed by atoms with Gasteiger partial charge in [-0.25, -0.2) is 4.39 Å². The molecular weight excluding hydrogens is 583 g/mol. The Morgan fingerprint density at radius 2 is 1.86 bits per heavy atom. The number of hydrogen-bond donors (Lipinski definition) is 2. The van der Waals surface area contributed by atoms with E-state index in [1.807, 2.05) is 18.2 Å². The van der Waals surface area contributed by atoms with Gasteiger partial charge in [-0.05, 0) is 72.2 Å². The lowest BCUT2D eigenvalue weighted by atomic mass is 9.88. The first kappa shape index (κ1) is 28.2. The van der Waals surface area contributed by atoms with Crippen LogP contribution in [-0.2, 0) is 29.1 Å². The number of H-pyrrole nitrogens is 2. The first-order chi connectivity index (χ1) is 21.4. The summed E-state index contributed by atoms with van der Waals surface area (Å²) in [6.07, 6.45) is 6.84. The monoisotopic (exact) mass is 612 g/mol. The number of nitrogens with one attached hydrogen (secondary N) is 2. The zero-order valence-electron chi connectivity index (χ0n) is 23.9. The van der Waals surface area contributed by atoms with Crippen LogP contribution < -0.4 is 5.56 Å². The maximum atomic E-state index is 14.2. The van der Waals surface area contributed by atoms with Gasteiger partial charge in [0.05, 0.1) is 28.2 Å². The van der Waals surface area contributed by atoms with Crippen LogP contribution in [-0.4, -0.2) is 54.9 Å². The number of piperidine rings is 1. The van der Waals surface area contributed by atoms with Crippen molar-refractivity contribution in [3.63, 3.8) is 0 Å². The third kappa shape index (κ3) is 5.23. The standard InChI is InChI=1S/C33H30ClFN6O3/c34-27-14-22-12-23(33(44)41(17-19-4-8-36-9-5-19)18-26(22)25-16-37-39-31(25)27)15-29(42)40-10-6-20(7-11-40)24-13-21-2-1-3-28(35)30(21)38-32(24)43/h1-5,8-9,13-14,16,20,23H,6-7,10-12,15,17-18H2,(H,37,39)(H,38,43). The van der Waals surface area contributed by atoms with Gasteiger partial charge in [0, 0.05) is 61.3 Å². The van der Waals surface area contributed by atoms with E-state index < -0.39 is 11.7 Å². The lowest BCUT2D eigenvalue weighted by Gasteiger charge is -2.33. The normalized spacial score (nSPS) is 17.7. The number of hydrogen-bond acceptors (Lipinski definition) is 5. The number of aromatic nitrogens is 4. The van der Waals surface area contributed by atoms with Crippen molar-refractivity contribution in [3.8, 4) is 0 Å². The molecule has 5 heterocycles. The molecule has 2 N–H and O–H groups in total. The number of para-hydroxylation sites is 1. The van der Waals surface area contributed by atoms with Crippen LogP contribution in [0.3, 0.4) is 0 Å². The molecule has 44 heavy (non-hydrogen) atoms. The Morgan fingerprint density at radius 1 is 1.07 bits per heavy atom. The second-order valence-electron chi connectivity index (χ2n) is 11.7. The zero-order chi connectivity index (χ0) is 30.4. The van der Waals surface area contributed by atoms with Gasteiger partial charge in [0.15, 0.2) is 0 Å². The van der Waals surface area contributed by atoms with Crippen molar-refractivity contribution in [2.45, 2.75) is 44.7 Å². The first-order valence-electron chi connectivity index (χ1n) is 14.8. The van der Waals surface area contributed by atoms with Crippen LogP contribution in [0, 0.1) is 11.7 Å². The van der Waals surface area contributed by atoms with E-state index in [1.165, 1.54) is 6.07 Å². The van der Waals surface area contributed by atoms with Gasteiger partial charge >= 0.3 is 0 Å². The highest BCUT2D eigenvalue weighted by Crippen LogP contribution is 2.35. The van der Waals surface area contributed by atoms with Crippen molar-refractivity contribution in [1.29, 1.82) is 0 Å². The van der Waals surface area contributed by atoms with Crippen LogP contribution in [0.15, 0.2) is 65.8 Å². The number of aromatic amines is 2. The maximum absolute atomic E-state index is 14.2. The zero-order valence-corrected chi connectivity index (χ0v) is 24.6. The van der Waals surface area contributed by atoms with Crippen LogP contribution in [0.4, 0.5) is 4.39 Å². The Hall–Kier alpha value is -4.57. The molecule has 2 aromatic carbocycles. The van der Waals surface area contributed by atoms with Gasteiger partial charge in [0.25, 0.3) is 5.56 Å². The molecule has 1 fully saturated rings. The second kappa shape index (κ2) is 11.5. The summed E-state index contributed by atoms with van der Waals surface area (Å²) >= 11 is 6.59. The molecule has 0 bridgehead atoms. The molecule has 0 radical (unpaired) electrons. The van der Waals surface area contributed by atoms with Gasteiger partial charge < -0.3 is 14.8 Å². The highest BCUT2D eigenvalue weighted by atomic mass is 35.5. The summed E-state index contributed by atoms with van der Waals surface area (Å²) in [4.78, 5) is 50.9. The van der Waals surface area contributed by atoms with Crippen LogP contribution in [0.25, 0.3) is 21.8 Å². The lowest BCUT2D eigenvalue weighted by molar-refractivity contribution is -0.142. The predicted molar refractivity (Wildman–Crippen MR) is 164 cm³/mol. The molecule has 2 aliphatic rings. The minimum atomic E-state index is -0.554. The van der Waals surface area contributed by atoms with Crippen molar-refractivity contribution in [2.75, 3.05) is 13.1 Å². The maximum Gasteiger partial charge on any atom is 0.251 e. The van der Waals surface area contributed by atoms with Gasteiger partial charge in [-0.15, -0.1) is 0 Å². The van der Waals surface area contributed by atoms with Gasteiger partial charge in [-0.2, -0.15) is 5.10 Å². The van der Waals surface area contributed by atoms with Crippen LogP contribution in [0.5, 0.6) is 0 Å². The molecule has 1 unspecified atom stereocenters. The Kier molecular flexibility index (Phi) is 7.37. The fraction of sp³-hybridized carbons (Fsp3) is 0.303. The highest BCUT2D eigenvalue weighted by Gasteiger charge is 2.35. The molecule has 1 atom stereocenters. The fourth-order valence-corrected chi connectivity index (χ4v) is 7.00. The van der Waals surface area contributed by atoms with Crippen molar-refractivity contribution < 1.29 is 14.0 Å². The average Bonchev–Trinajstić information content (AvgIpc) is 3.49. The second-order valence-corrected chi connectivity index (χ2v) is 12.1. The smallest absolute Gasteiger partial charge is 0.251 e. The van der Waals surface area contributed by atoms with E-state index in [-0.39, 0.29) is 35.2 Å². The van der Waals surface area contributed by atoms with E-state index in [0.29, 0.717) is 61.4 Å². The van der Waals surface area contributed by atoms with Gasteiger partial charge in [0.2, 0.25) is 11.8 Å². The first-order valence-corrected chi connectivity index (χ1v) is 15.1. The summed E-state index contributed by atoms with van der Waals surface area (Å²) in [5.41, 5.74) is 4.13. The van der Waals surface area contributed by atoms with Crippen LogP contribution >= 0.6 is 11.6 Å². The average molecular weight is 613 g/mol. The van der Waals surface area contributed by atoms with E-state index in [4.69, 9.17) is 11.6 Å². The fourth-order valence-electron chi connectivity index (χ4n) is 6.73. The number of halogens is 2. The predicted octanol–water partition coefficient (Wildman–Crippen LogP) is 5.09. The van der Waals surface area contributed by atoms with Crippen molar-refractivity contribution in [3.05, 3.63) is 105 Å². The van der Waals surface area contributed by atoms with Crippen LogP contribution in [0.2, 0.25) is 5.02 Å². The van der Waals surface area contributed by atoms with E-state index in [9.17, 15) is 18.8 Å². The number of carbonyl (C=O) groups is 2. The topological polar surface area (TPSA) is 115 Å². The van der Waals surface area contributed by atoms with E-state index in [0.717, 1.165) is 27.6 Å². The molecule has 0 spiro atoms. The highest BCUT2D eigenvalue weighted by molar-refractivity contribution is 6.35. The molecule has 2 aliphatic heterocycles. The number of carbonyl (C=O) groups excluding carboxylic acids is 2. The summed E-state index contributed by atoms with van der Waals surface area (Å²) in [7, 11) is 0. The van der Waals surface area contributed by atoms with Gasteiger partial charge in [0.1, 0.15) is 5.82 Å². The Bertz CT molecular complexity index is 1950. The third-order valence-corrected chi connectivity index (χ3v) is 9.36. The third-order valence-electron chi connectivity index (χ3n) is 9.06. The number of rotatable bonds is 5. The minimum Gasteiger partial charge on any atom is -0.343 e. The molecule has 1 saturated heterocycles. The quantitative estimate of drug-likeness (QED) is 0.287. The van der Waals surface area contributed by atoms with Crippen LogP contribution in [0.1, 0.15) is 47.4 Å². The number of amides is 2. The summed E-state index contributed by atoms with van der Waals surface area (Å²) in [5, 5.41) is 9.20. The number of nitrogens with zero attached hydrogens (tertiary/aromatic N) is 4. The molecular formula is C33H30ClFN6O3. The molecule has 7 rings (SSSR count). The number of pyridine rings is 2. The Balaban J connectivity index is 1.10. The Labute approximate surface area is 257 Å². The van der Waals surface area contributed by atoms with Crippen molar-refractivity contribution in [2.24, 2.45) is 5.92 Å². The largest absolute Gasteiger partial charge is 0.343 e. The molecule has 5 aromatic rings. The van der Waals surface area contributed by atoms with E-state index in [2.05, 4.69) is 20.2 Å². The molecule has 2 amide bonds. The summed E-state index contributed by atoms with van der Waals surface area (Å²) in [6.45, 7) is 1.72. The number of benzene rings is 2. The Morgan fingerprint density at radius 3 is 2.66 bits per heavy atom. The number of fused-ring (bicyclic) bond motifs is 4. The summed E-state index contributed by atoms with van der Waals surface area (Å²) in [5.74, 6) is -1.22. The number of likely N-dealkylation sites (tertiary alicyclic amines) is 1. The van der Waals surface area contributed by atoms with E-state index >= 15 is 0 Å². The molecule has 11 heteroatoms. The molecule has 0 saturated carbocycles. The minimum absolute atomic E-state index is 0.0442. The summed E-state index contributed by atoms with van der Waals surface area (Å²) in [6, 6.07) is 12.1. The molecule has 3 aromatic heterocycles. The van der Waals surface area contributed by atoms with E-state index in [1.54, 1.807) is 46.6 Å². The van der Waals surface area contributed by atoms with Gasteiger partial charge in [-0.3, -0.25) is 24.5 Å². The molecule has 224 valence electrons. The molecule has 0 aliphatic carbocycles. The van der Waals surface area contributed by atoms with Gasteiger partial charge in [-0.1, -0.05) is 23.7 Å². The SMILES string of the molecule is O=C(CC1Cc2cc(Cl)c3[nH]ncc3c2CN(Cc2ccncc2)C1=O)N1CCC(c2cc3cccc(F)c3[nH]c2=O)CC1.